The van der Waals surface area contributed by atoms with Gasteiger partial charge in [0.2, 0.25) is 5.91 Å². The summed E-state index contributed by atoms with van der Waals surface area (Å²) in [5.74, 6) is -2.78. The molecule has 3 rings (SSSR count). The summed E-state index contributed by atoms with van der Waals surface area (Å²) in [6, 6.07) is 7.38. The third-order valence-corrected chi connectivity index (χ3v) is 4.96. The number of likely N-dealkylation sites (tertiary alicyclic amines) is 1. The number of carboxylic acids is 1. The Hall–Kier alpha value is -2.05. The number of fused-ring (bicyclic) bond motifs is 1. The van der Waals surface area contributed by atoms with Crippen LogP contribution in [0.15, 0.2) is 24.3 Å². The van der Waals surface area contributed by atoms with E-state index in [1.807, 2.05) is 18.2 Å². The fourth-order valence-electron chi connectivity index (χ4n) is 3.56. The number of carbonyl (C=O) groups is 2. The summed E-state index contributed by atoms with van der Waals surface area (Å²) in [7, 11) is 0. The van der Waals surface area contributed by atoms with Crippen molar-refractivity contribution < 1.29 is 27.9 Å². The van der Waals surface area contributed by atoms with Gasteiger partial charge in [0.15, 0.2) is 5.41 Å². The Kier molecular flexibility index (Phi) is 3.61. The molecule has 124 valence electrons. The first kappa shape index (κ1) is 15.8. The van der Waals surface area contributed by atoms with Gasteiger partial charge in [-0.15, -0.1) is 0 Å². The number of amides is 1. The van der Waals surface area contributed by atoms with Gasteiger partial charge in [0.1, 0.15) is 0 Å². The number of alkyl halides is 3. The molecule has 4 nitrogen and oxygen atoms in total. The molecule has 0 radical (unpaired) electrons. The maximum absolute atomic E-state index is 13.2. The Morgan fingerprint density at radius 1 is 1.26 bits per heavy atom. The fraction of sp³-hybridized carbons (Fsp3) is 0.500. The second kappa shape index (κ2) is 5.25. The second-order valence-electron chi connectivity index (χ2n) is 6.18. The molecule has 0 aromatic heterocycles. The Labute approximate surface area is 130 Å². The molecule has 0 bridgehead atoms. The van der Waals surface area contributed by atoms with Crippen molar-refractivity contribution in [1.29, 1.82) is 0 Å². The molecule has 1 heterocycles. The van der Waals surface area contributed by atoms with Gasteiger partial charge < -0.3 is 10.0 Å². The Morgan fingerprint density at radius 3 is 2.57 bits per heavy atom. The summed E-state index contributed by atoms with van der Waals surface area (Å²) in [4.78, 5) is 24.9. The van der Waals surface area contributed by atoms with Crippen molar-refractivity contribution >= 4 is 11.9 Å². The van der Waals surface area contributed by atoms with E-state index in [0.29, 0.717) is 12.8 Å². The predicted octanol–water partition coefficient (Wildman–Crippen LogP) is 2.58. The molecular formula is C16H16F3NO3. The van der Waals surface area contributed by atoms with E-state index in [1.165, 1.54) is 0 Å². The predicted molar refractivity (Wildman–Crippen MR) is 74.8 cm³/mol. The number of hydrogen-bond donors (Lipinski definition) is 1. The molecule has 2 aliphatic rings. The molecule has 2 unspecified atom stereocenters. The molecular weight excluding hydrogens is 311 g/mol. The number of rotatable bonds is 2. The van der Waals surface area contributed by atoms with Crippen molar-refractivity contribution in [3.05, 3.63) is 35.4 Å². The van der Waals surface area contributed by atoms with Gasteiger partial charge in [-0.25, -0.2) is 0 Å². The van der Waals surface area contributed by atoms with Gasteiger partial charge in [-0.1, -0.05) is 24.3 Å². The quantitative estimate of drug-likeness (QED) is 0.908. The molecule has 0 saturated carbocycles. The van der Waals surface area contributed by atoms with Crippen LogP contribution in [0, 0.1) is 5.41 Å². The van der Waals surface area contributed by atoms with E-state index in [4.69, 9.17) is 5.11 Å². The van der Waals surface area contributed by atoms with Crippen molar-refractivity contribution in [2.75, 3.05) is 13.1 Å². The molecule has 1 saturated heterocycles. The zero-order chi connectivity index (χ0) is 16.8. The lowest BCUT2D eigenvalue weighted by Crippen LogP contribution is -2.48. The third kappa shape index (κ3) is 2.38. The lowest BCUT2D eigenvalue weighted by atomic mass is 9.86. The van der Waals surface area contributed by atoms with Gasteiger partial charge in [0.25, 0.3) is 0 Å². The SMILES string of the molecule is O=C(C1CCc2ccccc21)N1CCC(C(=O)O)(C(F)(F)F)C1. The van der Waals surface area contributed by atoms with Gasteiger partial charge in [0.05, 0.1) is 5.92 Å². The Balaban J connectivity index is 1.82. The summed E-state index contributed by atoms with van der Waals surface area (Å²) in [6.07, 6.45) is -4.20. The lowest BCUT2D eigenvalue weighted by molar-refractivity contribution is -0.227. The van der Waals surface area contributed by atoms with Crippen LogP contribution in [0.2, 0.25) is 0 Å². The summed E-state index contributed by atoms with van der Waals surface area (Å²) in [5, 5.41) is 9.06. The maximum atomic E-state index is 13.2. The summed E-state index contributed by atoms with van der Waals surface area (Å²) in [6.45, 7) is -0.980. The van der Waals surface area contributed by atoms with Crippen LogP contribution < -0.4 is 0 Å². The van der Waals surface area contributed by atoms with Gasteiger partial charge in [-0.05, 0) is 30.4 Å². The van der Waals surface area contributed by atoms with Crippen molar-refractivity contribution in [2.24, 2.45) is 5.41 Å². The minimum atomic E-state index is -4.87. The van der Waals surface area contributed by atoms with E-state index in [0.717, 1.165) is 16.0 Å². The first-order valence-electron chi connectivity index (χ1n) is 7.43. The molecule has 7 heteroatoms. The molecule has 1 fully saturated rings. The van der Waals surface area contributed by atoms with E-state index in [9.17, 15) is 22.8 Å². The maximum Gasteiger partial charge on any atom is 0.406 e. The van der Waals surface area contributed by atoms with E-state index in [2.05, 4.69) is 0 Å². The molecule has 1 aliphatic carbocycles. The van der Waals surface area contributed by atoms with Gasteiger partial charge in [-0.2, -0.15) is 13.2 Å². The summed E-state index contributed by atoms with van der Waals surface area (Å²) in [5.41, 5.74) is -0.969. The first-order valence-corrected chi connectivity index (χ1v) is 7.43. The standard InChI is InChI=1S/C16H16F3NO3/c17-16(18,19)15(14(22)23)7-8-20(9-15)13(21)12-6-5-10-3-1-2-4-11(10)12/h1-4,12H,5-9H2,(H,22,23). The summed E-state index contributed by atoms with van der Waals surface area (Å²) < 4.78 is 39.6. The van der Waals surface area contributed by atoms with Crippen molar-refractivity contribution in [3.8, 4) is 0 Å². The monoisotopic (exact) mass is 327 g/mol. The number of nitrogens with zero attached hydrogens (tertiary/aromatic N) is 1. The van der Waals surface area contributed by atoms with Crippen LogP contribution in [0.5, 0.6) is 0 Å². The highest BCUT2D eigenvalue weighted by atomic mass is 19.4. The number of halogens is 3. The van der Waals surface area contributed by atoms with Crippen molar-refractivity contribution in [3.63, 3.8) is 0 Å². The normalized spacial score (nSPS) is 27.1. The van der Waals surface area contributed by atoms with Crippen LogP contribution in [0.3, 0.4) is 0 Å². The van der Waals surface area contributed by atoms with Gasteiger partial charge >= 0.3 is 12.1 Å². The number of aliphatic carboxylic acids is 1. The zero-order valence-corrected chi connectivity index (χ0v) is 12.3. The Morgan fingerprint density at radius 2 is 1.96 bits per heavy atom. The van der Waals surface area contributed by atoms with E-state index in [1.54, 1.807) is 6.07 Å². The van der Waals surface area contributed by atoms with Gasteiger partial charge in [-0.3, -0.25) is 9.59 Å². The first-order chi connectivity index (χ1) is 10.8. The molecule has 1 amide bonds. The smallest absolute Gasteiger partial charge is 0.406 e. The lowest BCUT2D eigenvalue weighted by Gasteiger charge is -2.28. The molecule has 1 aliphatic heterocycles. The molecule has 23 heavy (non-hydrogen) atoms. The van der Waals surface area contributed by atoms with E-state index in [-0.39, 0.29) is 6.54 Å². The average molecular weight is 327 g/mol. The van der Waals surface area contributed by atoms with Crippen LogP contribution in [-0.4, -0.2) is 41.1 Å². The second-order valence-corrected chi connectivity index (χ2v) is 6.18. The number of carbonyl (C=O) groups excluding carboxylic acids is 1. The highest BCUT2D eigenvalue weighted by Gasteiger charge is 2.64. The van der Waals surface area contributed by atoms with Gasteiger partial charge in [0, 0.05) is 13.1 Å². The largest absolute Gasteiger partial charge is 0.481 e. The van der Waals surface area contributed by atoms with E-state index >= 15 is 0 Å². The topological polar surface area (TPSA) is 57.6 Å². The van der Waals surface area contributed by atoms with Crippen molar-refractivity contribution in [2.45, 2.75) is 31.4 Å². The number of benzene rings is 1. The number of carboxylic acid groups (broad SMARTS) is 1. The minimum Gasteiger partial charge on any atom is -0.481 e. The number of hydrogen-bond acceptors (Lipinski definition) is 2. The third-order valence-electron chi connectivity index (χ3n) is 4.96. The highest BCUT2D eigenvalue weighted by Crippen LogP contribution is 2.47. The molecule has 1 aromatic carbocycles. The number of aryl methyl sites for hydroxylation is 1. The van der Waals surface area contributed by atoms with E-state index < -0.39 is 42.4 Å². The van der Waals surface area contributed by atoms with Crippen LogP contribution >= 0.6 is 0 Å². The molecule has 2 atom stereocenters. The molecule has 1 N–H and O–H groups in total. The molecule has 0 spiro atoms. The molecule has 1 aromatic rings. The van der Waals surface area contributed by atoms with Crippen LogP contribution in [-0.2, 0) is 16.0 Å². The van der Waals surface area contributed by atoms with Crippen molar-refractivity contribution in [1.82, 2.24) is 4.90 Å². The van der Waals surface area contributed by atoms with Crippen LogP contribution in [0.4, 0.5) is 13.2 Å². The fourth-order valence-corrected chi connectivity index (χ4v) is 3.56. The minimum absolute atomic E-state index is 0.177. The average Bonchev–Trinajstić information content (AvgIpc) is 3.11. The zero-order valence-electron chi connectivity index (χ0n) is 12.3. The van der Waals surface area contributed by atoms with Crippen LogP contribution in [0.1, 0.15) is 29.9 Å². The van der Waals surface area contributed by atoms with Crippen LogP contribution in [0.25, 0.3) is 0 Å². The highest BCUT2D eigenvalue weighted by molar-refractivity contribution is 5.87. The Bertz CT molecular complexity index is 658. The summed E-state index contributed by atoms with van der Waals surface area (Å²) >= 11 is 0.